The van der Waals surface area contributed by atoms with Crippen LogP contribution in [0.15, 0.2) is 104 Å². The number of aromatic amines is 3. The fourth-order valence-electron chi connectivity index (χ4n) is 11.8. The third-order valence-corrected chi connectivity index (χ3v) is 17.2. The van der Waals surface area contributed by atoms with E-state index in [0.29, 0.717) is 78.6 Å². The number of hydrogen-bond donors (Lipinski definition) is 3. The van der Waals surface area contributed by atoms with E-state index in [9.17, 15) is 26.3 Å². The highest BCUT2D eigenvalue weighted by Gasteiger charge is 2.30. The average molecular weight is 1270 g/mol. The van der Waals surface area contributed by atoms with E-state index in [1.807, 2.05) is 48.5 Å². The van der Waals surface area contributed by atoms with E-state index in [0.717, 1.165) is 151 Å². The van der Waals surface area contributed by atoms with E-state index in [-0.39, 0.29) is 16.7 Å². The van der Waals surface area contributed by atoms with Gasteiger partial charge in [-0.15, -0.1) is 0 Å². The first-order valence-electron chi connectivity index (χ1n) is 33.3. The number of halogens is 6. The SMILES string of the molecule is CCCCN(C)Cc1cn[nH]c1-c1cc(OCC2CCCC2)cc(C(C)(F)F)c1.CCCCN(C)Cc1cn[nH]c1-c1cc(OCCC2CCCCC2)cc(C(C)(F)F)c1.CCCCN(C)Cc1cn[nH]c1-c1cc(OCCc2ccccc2)cc(C(C)(F)F)c1. The Balaban J connectivity index is 0.000000194. The van der Waals surface area contributed by atoms with Gasteiger partial charge in [0.1, 0.15) is 17.2 Å². The molecule has 0 bridgehead atoms. The monoisotopic (exact) mass is 1270 g/mol. The van der Waals surface area contributed by atoms with Gasteiger partial charge >= 0.3 is 0 Å². The Morgan fingerprint density at radius 2 is 0.824 bits per heavy atom. The maximum Gasteiger partial charge on any atom is 0.270 e. The molecule has 3 heterocycles. The Bertz CT molecular complexity index is 3210. The third-order valence-electron chi connectivity index (χ3n) is 17.2. The molecule has 2 aliphatic rings. The Kier molecular flexibility index (Phi) is 27.9. The molecule has 0 radical (unpaired) electrons. The number of unbranched alkanes of at least 4 members (excludes halogenated alkanes) is 3. The van der Waals surface area contributed by atoms with Crippen molar-refractivity contribution in [2.75, 3.05) is 60.6 Å². The van der Waals surface area contributed by atoms with Crippen molar-refractivity contribution in [1.29, 1.82) is 0 Å². The van der Waals surface area contributed by atoms with Gasteiger partial charge in [0.2, 0.25) is 0 Å². The predicted molar refractivity (Wildman–Crippen MR) is 354 cm³/mol. The highest BCUT2D eigenvalue weighted by Crippen LogP contribution is 2.39. The van der Waals surface area contributed by atoms with Crippen LogP contribution in [0.25, 0.3) is 33.8 Å². The summed E-state index contributed by atoms with van der Waals surface area (Å²) in [5.41, 5.74) is 8.36. The first-order chi connectivity index (χ1) is 43.6. The van der Waals surface area contributed by atoms with Crippen LogP contribution in [0.2, 0.25) is 0 Å². The van der Waals surface area contributed by atoms with Crippen molar-refractivity contribution in [3.8, 4) is 51.0 Å². The Labute approximate surface area is 537 Å². The highest BCUT2D eigenvalue weighted by atomic mass is 19.3. The van der Waals surface area contributed by atoms with Crippen LogP contribution in [-0.2, 0) is 43.8 Å². The summed E-state index contributed by atoms with van der Waals surface area (Å²) in [6.45, 7) is 15.9. The van der Waals surface area contributed by atoms with Crippen LogP contribution in [-0.4, -0.2) is 106 Å². The van der Waals surface area contributed by atoms with Crippen LogP contribution in [0.4, 0.5) is 26.3 Å². The molecule has 0 amide bonds. The lowest BCUT2D eigenvalue weighted by atomic mass is 9.87. The van der Waals surface area contributed by atoms with Gasteiger partial charge in [0, 0.05) is 96.9 Å². The lowest BCUT2D eigenvalue weighted by Gasteiger charge is -2.22. The molecule has 0 unspecified atom stereocenters. The number of aromatic nitrogens is 6. The van der Waals surface area contributed by atoms with E-state index < -0.39 is 17.8 Å². The number of ether oxygens (including phenoxy) is 3. The number of nitrogens with one attached hydrogen (secondary N) is 3. The summed E-state index contributed by atoms with van der Waals surface area (Å²) in [5, 5.41) is 21.6. The minimum absolute atomic E-state index is 0.0300. The minimum Gasteiger partial charge on any atom is -0.494 e. The zero-order valence-electron chi connectivity index (χ0n) is 55.5. The van der Waals surface area contributed by atoms with Crippen molar-refractivity contribution in [2.45, 2.75) is 188 Å². The molecular weight excluding hydrogens is 1160 g/mol. The van der Waals surface area contributed by atoms with Gasteiger partial charge in [-0.05, 0) is 151 Å². The van der Waals surface area contributed by atoms with Crippen LogP contribution in [0.5, 0.6) is 17.2 Å². The molecule has 18 heteroatoms. The molecule has 0 aliphatic heterocycles. The van der Waals surface area contributed by atoms with Gasteiger partial charge in [-0.25, -0.2) is 26.3 Å². The Morgan fingerprint density at radius 3 is 1.21 bits per heavy atom. The number of rotatable bonds is 32. The summed E-state index contributed by atoms with van der Waals surface area (Å²) >= 11 is 0. The standard InChI is InChI=1S/C25H37F2N3O.C25H31F2N3O.C23H33F2N3O/c2*1-4-5-12-30(3)18-21-17-28-29-24(21)20-14-22(25(2,26)27)16-23(15-20)31-13-11-19-9-7-6-8-10-19;1-4-5-10-28(3)15-19-14-26-27-22(19)18-11-20(23(2,24)25)13-21(12-18)29-16-17-8-6-7-9-17/h14-17,19H,4-13,18H2,1-3H3,(H,28,29);6-10,14-17H,4-5,11-13,18H2,1-3H3,(H,28,29);11-14,17H,4-10,15-16H2,1-3H3,(H,26,27). The largest absolute Gasteiger partial charge is 0.494 e. The molecule has 0 saturated heterocycles. The van der Waals surface area contributed by atoms with Gasteiger partial charge < -0.3 is 28.9 Å². The van der Waals surface area contributed by atoms with Crippen LogP contribution in [0.1, 0.15) is 183 Å². The van der Waals surface area contributed by atoms with Crippen molar-refractivity contribution in [3.05, 3.63) is 142 Å². The van der Waals surface area contributed by atoms with Crippen molar-refractivity contribution < 1.29 is 40.6 Å². The first-order valence-corrected chi connectivity index (χ1v) is 33.3. The van der Waals surface area contributed by atoms with Crippen LogP contribution >= 0.6 is 0 Å². The molecule has 498 valence electrons. The molecule has 3 aromatic heterocycles. The van der Waals surface area contributed by atoms with Crippen LogP contribution in [0.3, 0.4) is 0 Å². The number of benzene rings is 4. The summed E-state index contributed by atoms with van der Waals surface area (Å²) in [7, 11) is 6.20. The molecular formula is C73H101F6N9O3. The number of hydrogen-bond acceptors (Lipinski definition) is 9. The molecule has 12 nitrogen and oxygen atoms in total. The molecule has 0 atom stereocenters. The fourth-order valence-corrected chi connectivity index (χ4v) is 11.8. The van der Waals surface area contributed by atoms with Crippen LogP contribution in [0, 0.1) is 11.8 Å². The molecule has 91 heavy (non-hydrogen) atoms. The lowest BCUT2D eigenvalue weighted by molar-refractivity contribution is 0.0166. The summed E-state index contributed by atoms with van der Waals surface area (Å²) < 4.78 is 103. The minimum atomic E-state index is -2.97. The molecule has 2 saturated carbocycles. The second kappa shape index (κ2) is 35.4. The quantitative estimate of drug-likeness (QED) is 0.0354. The van der Waals surface area contributed by atoms with Crippen molar-refractivity contribution in [3.63, 3.8) is 0 Å². The van der Waals surface area contributed by atoms with E-state index in [2.05, 4.69) is 87.2 Å². The highest BCUT2D eigenvalue weighted by molar-refractivity contribution is 5.68. The van der Waals surface area contributed by atoms with Crippen LogP contribution < -0.4 is 14.2 Å². The topological polar surface area (TPSA) is 123 Å². The van der Waals surface area contributed by atoms with E-state index in [4.69, 9.17) is 14.2 Å². The van der Waals surface area contributed by atoms with Gasteiger partial charge in [-0.1, -0.05) is 115 Å². The molecule has 4 aromatic carbocycles. The van der Waals surface area contributed by atoms with E-state index in [1.165, 1.54) is 69.2 Å². The van der Waals surface area contributed by atoms with Crippen molar-refractivity contribution in [1.82, 2.24) is 45.3 Å². The number of H-pyrrole nitrogens is 3. The first kappa shape index (κ1) is 71.8. The summed E-state index contributed by atoms with van der Waals surface area (Å²) in [5.74, 6) is -6.16. The summed E-state index contributed by atoms with van der Waals surface area (Å²) in [6.07, 6.45) is 25.0. The molecule has 2 fully saturated rings. The number of nitrogens with zero attached hydrogens (tertiary/aromatic N) is 6. The predicted octanol–water partition coefficient (Wildman–Crippen LogP) is 18.8. The smallest absolute Gasteiger partial charge is 0.270 e. The van der Waals surface area contributed by atoms with Gasteiger partial charge in [0.15, 0.2) is 0 Å². The molecule has 9 rings (SSSR count). The normalized spacial score (nSPS) is 14.2. The van der Waals surface area contributed by atoms with Crippen molar-refractivity contribution in [2.24, 2.45) is 11.8 Å². The molecule has 7 aromatic rings. The Hall–Kier alpha value is -6.63. The zero-order chi connectivity index (χ0) is 65.4. The van der Waals surface area contributed by atoms with Crippen molar-refractivity contribution >= 4 is 0 Å². The molecule has 3 N–H and O–H groups in total. The second-order valence-corrected chi connectivity index (χ2v) is 25.7. The summed E-state index contributed by atoms with van der Waals surface area (Å²) in [4.78, 5) is 6.68. The van der Waals surface area contributed by atoms with Gasteiger partial charge in [-0.3, -0.25) is 15.3 Å². The zero-order valence-corrected chi connectivity index (χ0v) is 55.5. The second-order valence-electron chi connectivity index (χ2n) is 25.7. The number of alkyl halides is 6. The van der Waals surface area contributed by atoms with E-state index in [1.54, 1.807) is 30.7 Å². The average Bonchev–Trinajstić information content (AvgIpc) is 1.97. The lowest BCUT2D eigenvalue weighted by Crippen LogP contribution is -2.19. The Morgan fingerprint density at radius 1 is 0.462 bits per heavy atom. The van der Waals surface area contributed by atoms with E-state index >= 15 is 0 Å². The fraction of sp³-hybridized carbons (Fsp3) is 0.548. The van der Waals surface area contributed by atoms with Gasteiger partial charge in [0.25, 0.3) is 17.8 Å². The van der Waals surface area contributed by atoms with Gasteiger partial charge in [-0.2, -0.15) is 15.3 Å². The van der Waals surface area contributed by atoms with Gasteiger partial charge in [0.05, 0.1) is 55.5 Å². The molecule has 2 aliphatic carbocycles. The maximum absolute atomic E-state index is 14.2. The summed E-state index contributed by atoms with van der Waals surface area (Å²) in [6, 6.07) is 24.5. The molecule has 0 spiro atoms. The maximum atomic E-state index is 14.2. The third kappa shape index (κ3) is 23.5.